The first-order valence-corrected chi connectivity index (χ1v) is 7.22. The van der Waals surface area contributed by atoms with Crippen molar-refractivity contribution in [3.8, 4) is 0 Å². The van der Waals surface area contributed by atoms with E-state index in [0.29, 0.717) is 16.9 Å². The third-order valence-electron chi connectivity index (χ3n) is 4.86. The van der Waals surface area contributed by atoms with E-state index in [1.807, 2.05) is 0 Å². The molecule has 0 saturated heterocycles. The maximum absolute atomic E-state index is 8.63. The summed E-state index contributed by atoms with van der Waals surface area (Å²) in [5.74, 6) is 0.905. The van der Waals surface area contributed by atoms with Crippen LogP contribution in [0.4, 0.5) is 0 Å². The van der Waals surface area contributed by atoms with Crippen LogP contribution in [0.1, 0.15) is 40.0 Å². The molecule has 2 bridgehead atoms. The molecule has 5 heteroatoms. The van der Waals surface area contributed by atoms with Crippen molar-refractivity contribution in [1.29, 1.82) is 0 Å². The molecule has 3 N–H and O–H groups in total. The molecule has 0 aromatic heterocycles. The van der Waals surface area contributed by atoms with Crippen LogP contribution < -0.4 is 14.1 Å². The Morgan fingerprint density at radius 2 is 1.80 bits per heavy atom. The van der Waals surface area contributed by atoms with Gasteiger partial charge in [-0.05, 0) is 40.2 Å². The first-order chi connectivity index (χ1) is 6.72. The Kier molecular flexibility index (Phi) is 3.83. The molecule has 0 amide bonds. The first-order valence-electron chi connectivity index (χ1n) is 5.22. The smallest absolute Gasteiger partial charge is 0.372 e. The minimum atomic E-state index is -3.40. The number of fused-ring (bicyclic) bond motifs is 2. The van der Waals surface area contributed by atoms with Gasteiger partial charge in [-0.2, -0.15) is 0 Å². The quantitative estimate of drug-likeness (QED) is 0.610. The molecule has 90 valence electrons. The lowest BCUT2D eigenvalue weighted by Gasteiger charge is -2.37. The number of hydrogen-bond donors (Lipinski definition) is 2. The largest absolute Gasteiger partial charge is 0.433 e. The number of halogens is 1. The van der Waals surface area contributed by atoms with Gasteiger partial charge in [-0.3, -0.25) is 0 Å². The van der Waals surface area contributed by atoms with E-state index in [1.54, 1.807) is 0 Å². The van der Waals surface area contributed by atoms with E-state index in [2.05, 4.69) is 20.8 Å². The van der Waals surface area contributed by atoms with Gasteiger partial charge in [0.15, 0.2) is 0 Å². The molecule has 0 aromatic carbocycles. The SMILES string of the molecule is CC1(C)C2CCC1(C)C(N)C2.[O-][Br+2]([O-])O. The molecule has 4 nitrogen and oxygen atoms in total. The summed E-state index contributed by atoms with van der Waals surface area (Å²) in [7, 11) is 0. The molecular weight excluding hydrogens is 262 g/mol. The summed E-state index contributed by atoms with van der Waals surface area (Å²) in [5, 5.41) is 0. The van der Waals surface area contributed by atoms with Crippen LogP contribution in [0.3, 0.4) is 0 Å². The summed E-state index contributed by atoms with van der Waals surface area (Å²) in [6.07, 6.45) is 4.03. The minimum Gasteiger partial charge on any atom is -0.372 e. The van der Waals surface area contributed by atoms with Crippen LogP contribution in [0, 0.1) is 31.6 Å². The fourth-order valence-corrected chi connectivity index (χ4v) is 3.27. The molecule has 3 unspecified atom stereocenters. The predicted octanol–water partition coefficient (Wildman–Crippen LogP) is -0.775. The van der Waals surface area contributed by atoms with Crippen molar-refractivity contribution in [3.05, 3.63) is 0 Å². The normalized spacial score (nSPS) is 41.6. The van der Waals surface area contributed by atoms with Gasteiger partial charge in [-0.25, -0.2) is 0 Å². The maximum Gasteiger partial charge on any atom is 0.433 e. The third kappa shape index (κ3) is 2.22. The van der Waals surface area contributed by atoms with Crippen LogP contribution in [-0.2, 0) is 0 Å². The van der Waals surface area contributed by atoms with Crippen LogP contribution >= 0.6 is 0 Å². The first kappa shape index (κ1) is 13.4. The maximum atomic E-state index is 8.63. The molecule has 2 fully saturated rings. The third-order valence-corrected chi connectivity index (χ3v) is 4.86. The molecule has 0 aromatic rings. The van der Waals surface area contributed by atoms with Crippen molar-refractivity contribution in [2.24, 2.45) is 22.5 Å². The molecular formula is C10H20BrNO3. The van der Waals surface area contributed by atoms with Crippen molar-refractivity contribution in [3.63, 3.8) is 0 Å². The van der Waals surface area contributed by atoms with E-state index >= 15 is 0 Å². The summed E-state index contributed by atoms with van der Waals surface area (Å²) in [5.41, 5.74) is 7.08. The summed E-state index contributed by atoms with van der Waals surface area (Å²) >= 11 is -3.40. The highest BCUT2D eigenvalue weighted by Crippen LogP contribution is 2.64. The van der Waals surface area contributed by atoms with Crippen molar-refractivity contribution < 1.29 is 27.4 Å². The summed E-state index contributed by atoms with van der Waals surface area (Å²) in [6.45, 7) is 7.18. The van der Waals surface area contributed by atoms with Gasteiger partial charge >= 0.3 is 14.8 Å². The fraction of sp³-hybridized carbons (Fsp3) is 1.00. The summed E-state index contributed by atoms with van der Waals surface area (Å²) in [4.78, 5) is 0. The van der Waals surface area contributed by atoms with Crippen LogP contribution in [0.5, 0.6) is 0 Å². The lowest BCUT2D eigenvalue weighted by Crippen LogP contribution is -2.40. The molecule has 0 aliphatic heterocycles. The van der Waals surface area contributed by atoms with Gasteiger partial charge in [-0.1, -0.05) is 20.8 Å². The predicted molar refractivity (Wildman–Crippen MR) is 49.4 cm³/mol. The molecule has 2 aliphatic rings. The zero-order valence-electron chi connectivity index (χ0n) is 9.50. The second-order valence-corrected chi connectivity index (χ2v) is 6.26. The number of nitrogens with two attached hydrogens (primary N) is 1. The second-order valence-electron chi connectivity index (χ2n) is 5.42. The summed E-state index contributed by atoms with van der Waals surface area (Å²) in [6, 6.07) is 0.469. The van der Waals surface area contributed by atoms with E-state index in [0.717, 1.165) is 5.92 Å². The second kappa shape index (κ2) is 4.30. The monoisotopic (exact) mass is 281 g/mol. The van der Waals surface area contributed by atoms with Gasteiger partial charge < -0.3 is 14.1 Å². The topological polar surface area (TPSA) is 92.4 Å². The van der Waals surface area contributed by atoms with E-state index in [-0.39, 0.29) is 0 Å². The zero-order chi connectivity index (χ0) is 11.9. The van der Waals surface area contributed by atoms with E-state index in [1.165, 1.54) is 19.3 Å². The van der Waals surface area contributed by atoms with Gasteiger partial charge in [0.25, 0.3) is 0 Å². The van der Waals surface area contributed by atoms with Gasteiger partial charge in [0.05, 0.1) is 0 Å². The van der Waals surface area contributed by atoms with Crippen LogP contribution in [-0.4, -0.2) is 10.2 Å². The van der Waals surface area contributed by atoms with Gasteiger partial charge in [-0.15, -0.1) is 0 Å². The molecule has 2 saturated carbocycles. The van der Waals surface area contributed by atoms with Gasteiger partial charge in [0, 0.05) is 6.04 Å². The Morgan fingerprint density at radius 3 is 1.93 bits per heavy atom. The van der Waals surface area contributed by atoms with Crippen LogP contribution in [0.15, 0.2) is 0 Å². The van der Waals surface area contributed by atoms with Gasteiger partial charge in [0.2, 0.25) is 0 Å². The van der Waals surface area contributed by atoms with Crippen LogP contribution in [0.2, 0.25) is 0 Å². The molecule has 3 atom stereocenters. The Balaban J connectivity index is 0.000000245. The minimum absolute atomic E-state index is 0.442. The number of rotatable bonds is 0. The van der Waals surface area contributed by atoms with E-state index in [9.17, 15) is 0 Å². The average molecular weight is 282 g/mol. The highest BCUT2D eigenvalue weighted by atomic mass is 80.0. The average Bonchev–Trinajstić information content (AvgIpc) is 2.36. The zero-order valence-corrected chi connectivity index (χ0v) is 11.1. The summed E-state index contributed by atoms with van der Waals surface area (Å²) < 4.78 is 24.3. The van der Waals surface area contributed by atoms with Crippen molar-refractivity contribution in [1.82, 2.24) is 0 Å². The highest BCUT2D eigenvalue weighted by Gasteiger charge is 2.59. The van der Waals surface area contributed by atoms with Crippen molar-refractivity contribution in [2.75, 3.05) is 0 Å². The highest BCUT2D eigenvalue weighted by molar-refractivity contribution is 5.11. The lowest BCUT2D eigenvalue weighted by atomic mass is 9.69. The number of hydrogen-bond acceptors (Lipinski definition) is 4. The molecule has 2 aliphatic carbocycles. The Bertz CT molecular complexity index is 232. The molecule has 0 spiro atoms. The Morgan fingerprint density at radius 1 is 1.33 bits per heavy atom. The Labute approximate surface area is 96.3 Å². The Hall–Kier alpha value is 0.320. The molecule has 0 heterocycles. The molecule has 2 rings (SSSR count). The van der Waals surface area contributed by atoms with E-state index in [4.69, 9.17) is 18.3 Å². The lowest BCUT2D eigenvalue weighted by molar-refractivity contribution is -1.63. The van der Waals surface area contributed by atoms with Gasteiger partial charge in [0.1, 0.15) is 0 Å². The standard InChI is InChI=1S/C10H19N.BrHO3/c1-9(2)7-4-5-10(9,3)8(11)6-7;2-1(3)4/h7-8H,4-6,11H2,1-3H3;2H. The van der Waals surface area contributed by atoms with Crippen LogP contribution in [0.25, 0.3) is 0 Å². The van der Waals surface area contributed by atoms with Crippen molar-refractivity contribution in [2.45, 2.75) is 46.1 Å². The molecule has 0 radical (unpaired) electrons. The fourth-order valence-electron chi connectivity index (χ4n) is 3.27. The van der Waals surface area contributed by atoms with Crippen molar-refractivity contribution >= 4 is 0 Å². The molecule has 15 heavy (non-hydrogen) atoms. The van der Waals surface area contributed by atoms with E-state index < -0.39 is 14.8 Å².